The first-order valence-electron chi connectivity index (χ1n) is 14.8. The highest BCUT2D eigenvalue weighted by molar-refractivity contribution is 7.99. The molecule has 216 valence electrons. The summed E-state index contributed by atoms with van der Waals surface area (Å²) >= 11 is 3.43. The summed E-state index contributed by atoms with van der Waals surface area (Å²) in [4.78, 5) is 43.5. The van der Waals surface area contributed by atoms with Crippen molar-refractivity contribution in [3.8, 4) is 0 Å². The molecule has 1 saturated carbocycles. The third-order valence-corrected chi connectivity index (χ3v) is 10.7. The minimum atomic E-state index is -0.985. The van der Waals surface area contributed by atoms with E-state index in [9.17, 15) is 14.4 Å². The van der Waals surface area contributed by atoms with Gasteiger partial charge in [0.15, 0.2) is 0 Å². The molecule has 7 nitrogen and oxygen atoms in total. The molecule has 1 aliphatic carbocycles. The van der Waals surface area contributed by atoms with E-state index < -0.39 is 11.6 Å². The van der Waals surface area contributed by atoms with Crippen LogP contribution in [0.5, 0.6) is 0 Å². The summed E-state index contributed by atoms with van der Waals surface area (Å²) in [5.74, 6) is 2.36. The molecule has 0 spiro atoms. The normalized spacial score (nSPS) is 21.0. The minimum absolute atomic E-state index is 0.151. The molecule has 1 aromatic heterocycles. The van der Waals surface area contributed by atoms with Gasteiger partial charge in [0.25, 0.3) is 5.91 Å². The Morgan fingerprint density at radius 1 is 0.950 bits per heavy atom. The number of nitrogens with one attached hydrogen (secondary N) is 3. The maximum atomic E-state index is 13.8. The summed E-state index contributed by atoms with van der Waals surface area (Å²) in [5, 5.41) is 11.1. The van der Waals surface area contributed by atoms with Gasteiger partial charge in [0.05, 0.1) is 4.88 Å². The highest BCUT2D eigenvalue weighted by Crippen LogP contribution is 2.31. The Kier molecular flexibility index (Phi) is 10.2. The number of carbonyl (C=O) groups excluding carboxylic acids is 3. The summed E-state index contributed by atoms with van der Waals surface area (Å²) in [7, 11) is 0. The van der Waals surface area contributed by atoms with E-state index in [-0.39, 0.29) is 17.7 Å². The second kappa shape index (κ2) is 14.0. The number of benzene rings is 1. The maximum Gasteiger partial charge on any atom is 0.262 e. The number of carbonyl (C=O) groups is 3. The lowest BCUT2D eigenvalue weighted by molar-refractivity contribution is -0.132. The van der Waals surface area contributed by atoms with Gasteiger partial charge in [-0.2, -0.15) is 11.8 Å². The molecule has 2 aromatic rings. The van der Waals surface area contributed by atoms with Crippen LogP contribution in [0.2, 0.25) is 0 Å². The van der Waals surface area contributed by atoms with Gasteiger partial charge in [0, 0.05) is 19.0 Å². The van der Waals surface area contributed by atoms with Crippen LogP contribution in [0.4, 0.5) is 0 Å². The summed E-state index contributed by atoms with van der Waals surface area (Å²) in [6.07, 6.45) is 8.07. The van der Waals surface area contributed by atoms with Crippen molar-refractivity contribution < 1.29 is 14.4 Å². The zero-order chi connectivity index (χ0) is 27.8. The number of nitrogens with zero attached hydrogens (tertiary/aromatic N) is 1. The van der Waals surface area contributed by atoms with Crippen LogP contribution < -0.4 is 16.0 Å². The monoisotopic (exact) mass is 582 g/mol. The molecule has 2 aliphatic heterocycles. The van der Waals surface area contributed by atoms with E-state index in [1.165, 1.54) is 35.7 Å². The molecule has 3 N–H and O–H groups in total. The Morgan fingerprint density at radius 2 is 1.68 bits per heavy atom. The van der Waals surface area contributed by atoms with Crippen molar-refractivity contribution in [2.75, 3.05) is 31.1 Å². The quantitative estimate of drug-likeness (QED) is 0.390. The fraction of sp³-hybridized carbons (Fsp3) is 0.581. The molecule has 0 bridgehead atoms. The molecule has 3 heterocycles. The van der Waals surface area contributed by atoms with Gasteiger partial charge in [-0.15, -0.1) is 11.3 Å². The zero-order valence-electron chi connectivity index (χ0n) is 23.2. The zero-order valence-corrected chi connectivity index (χ0v) is 24.9. The average Bonchev–Trinajstić information content (AvgIpc) is 3.71. The van der Waals surface area contributed by atoms with Crippen molar-refractivity contribution >= 4 is 40.8 Å². The van der Waals surface area contributed by atoms with Crippen LogP contribution in [0.15, 0.2) is 47.8 Å². The van der Waals surface area contributed by atoms with Crippen molar-refractivity contribution in [2.45, 2.75) is 75.4 Å². The number of thiophene rings is 1. The Balaban J connectivity index is 1.20. The van der Waals surface area contributed by atoms with E-state index >= 15 is 0 Å². The number of hydrogen-bond donors (Lipinski definition) is 3. The van der Waals surface area contributed by atoms with Crippen LogP contribution in [0.25, 0.3) is 0 Å². The molecule has 3 amide bonds. The van der Waals surface area contributed by atoms with Gasteiger partial charge in [0.2, 0.25) is 11.8 Å². The average molecular weight is 583 g/mol. The predicted octanol–water partition coefficient (Wildman–Crippen LogP) is 4.24. The minimum Gasteiger partial charge on any atom is -0.354 e. The second-order valence-corrected chi connectivity index (χ2v) is 13.7. The molecular weight excluding hydrogens is 541 g/mol. The topological polar surface area (TPSA) is 90.5 Å². The van der Waals surface area contributed by atoms with Gasteiger partial charge in [-0.05, 0) is 86.0 Å². The van der Waals surface area contributed by atoms with E-state index in [1.54, 1.807) is 6.07 Å². The number of piperidine rings is 1. The number of rotatable bonds is 10. The lowest BCUT2D eigenvalue weighted by atomic mass is 9.93. The smallest absolute Gasteiger partial charge is 0.262 e. The summed E-state index contributed by atoms with van der Waals surface area (Å²) in [6, 6.07) is 13.4. The molecule has 5 rings (SSSR count). The van der Waals surface area contributed by atoms with E-state index in [1.807, 2.05) is 41.8 Å². The molecular formula is C31H42N4O3S2. The van der Waals surface area contributed by atoms with Crippen LogP contribution in [-0.4, -0.2) is 71.4 Å². The molecule has 40 heavy (non-hydrogen) atoms. The van der Waals surface area contributed by atoms with Crippen molar-refractivity contribution in [3.05, 3.63) is 58.3 Å². The lowest BCUT2D eigenvalue weighted by Crippen LogP contribution is -2.61. The van der Waals surface area contributed by atoms with Gasteiger partial charge < -0.3 is 20.9 Å². The number of thioether (sulfide) groups is 1. The molecule has 3 aliphatic rings. The van der Waals surface area contributed by atoms with Crippen LogP contribution in [0.3, 0.4) is 0 Å². The van der Waals surface area contributed by atoms with Gasteiger partial charge in [-0.3, -0.25) is 14.4 Å². The van der Waals surface area contributed by atoms with Gasteiger partial charge in [-0.1, -0.05) is 49.2 Å². The summed E-state index contributed by atoms with van der Waals surface area (Å²) in [6.45, 7) is 2.84. The molecule has 9 heteroatoms. The first-order valence-corrected chi connectivity index (χ1v) is 16.9. The van der Waals surface area contributed by atoms with Gasteiger partial charge in [-0.25, -0.2) is 0 Å². The molecule has 0 unspecified atom stereocenters. The molecule has 3 fully saturated rings. The largest absolute Gasteiger partial charge is 0.354 e. The number of hydrogen-bond acceptors (Lipinski definition) is 6. The van der Waals surface area contributed by atoms with Crippen LogP contribution in [0.1, 0.15) is 66.6 Å². The Hall–Kier alpha value is -2.36. The third-order valence-electron chi connectivity index (χ3n) is 8.82. The van der Waals surface area contributed by atoms with Crippen molar-refractivity contribution in [1.29, 1.82) is 0 Å². The number of likely N-dealkylation sites (tertiary alicyclic amines) is 1. The molecule has 0 radical (unpaired) electrons. The van der Waals surface area contributed by atoms with Gasteiger partial charge >= 0.3 is 0 Å². The molecule has 2 saturated heterocycles. The maximum absolute atomic E-state index is 13.8. The van der Waals surface area contributed by atoms with E-state index in [4.69, 9.17) is 0 Å². The van der Waals surface area contributed by atoms with Gasteiger partial charge in [0.1, 0.15) is 11.6 Å². The standard InChI is InChI=1S/C31H42N4O3S2/c36-28(32-22-24-10-16-35(17-11-24)25-12-19-39-20-13-25)26(21-23-7-2-1-3-8-23)33-30(38)31(14-4-5-15-31)34-29(37)27-9-6-18-40-27/h1-3,6-9,18,24-26H,4-5,10-17,19-22H2,(H,32,36)(H,33,38)(H,34,37)/t26-/m1/s1. The summed E-state index contributed by atoms with van der Waals surface area (Å²) < 4.78 is 0. The van der Waals surface area contributed by atoms with E-state index in [0.29, 0.717) is 36.6 Å². The SMILES string of the molecule is O=C(NC1(C(=O)N[C@H](Cc2ccccc2)C(=O)NCC2CCN(C3CCSCC3)CC2)CCCC1)c1cccs1. The van der Waals surface area contributed by atoms with Crippen molar-refractivity contribution in [3.63, 3.8) is 0 Å². The van der Waals surface area contributed by atoms with E-state index in [2.05, 4.69) is 32.6 Å². The van der Waals surface area contributed by atoms with Crippen molar-refractivity contribution in [1.82, 2.24) is 20.9 Å². The fourth-order valence-corrected chi connectivity index (χ4v) is 8.07. The second-order valence-electron chi connectivity index (χ2n) is 11.5. The third kappa shape index (κ3) is 7.47. The van der Waals surface area contributed by atoms with Crippen LogP contribution in [0, 0.1) is 5.92 Å². The number of amides is 3. The van der Waals surface area contributed by atoms with E-state index in [0.717, 1.165) is 50.4 Å². The van der Waals surface area contributed by atoms with Crippen LogP contribution >= 0.6 is 23.1 Å². The molecule has 1 atom stereocenters. The lowest BCUT2D eigenvalue weighted by Gasteiger charge is -2.39. The highest BCUT2D eigenvalue weighted by atomic mass is 32.2. The van der Waals surface area contributed by atoms with Crippen molar-refractivity contribution in [2.24, 2.45) is 5.92 Å². The fourth-order valence-electron chi connectivity index (χ4n) is 6.37. The highest BCUT2D eigenvalue weighted by Gasteiger charge is 2.44. The Bertz CT molecular complexity index is 1110. The molecule has 1 aromatic carbocycles. The predicted molar refractivity (Wildman–Crippen MR) is 163 cm³/mol. The Morgan fingerprint density at radius 3 is 2.35 bits per heavy atom. The summed E-state index contributed by atoms with van der Waals surface area (Å²) in [5.41, 5.74) is 0.00537. The first-order chi connectivity index (χ1) is 19.5. The Labute approximate surface area is 246 Å². The van der Waals surface area contributed by atoms with Crippen LogP contribution in [-0.2, 0) is 16.0 Å². The first kappa shape index (κ1) is 29.1.